The summed E-state index contributed by atoms with van der Waals surface area (Å²) in [6.07, 6.45) is -4.02. The van der Waals surface area contributed by atoms with Crippen LogP contribution in [-0.4, -0.2) is 17.4 Å². The molecule has 0 spiro atoms. The maximum Gasteiger partial charge on any atom is 0.573 e. The molecule has 0 aromatic heterocycles. The molecule has 1 rings (SSSR count). The van der Waals surface area contributed by atoms with Gasteiger partial charge in [-0.25, -0.2) is 0 Å². The quantitative estimate of drug-likeness (QED) is 0.870. The lowest BCUT2D eigenvalue weighted by atomic mass is 10.1. The Bertz CT molecular complexity index is 388. The van der Waals surface area contributed by atoms with Crippen LogP contribution in [0.15, 0.2) is 18.2 Å². The van der Waals surface area contributed by atoms with Gasteiger partial charge in [0.25, 0.3) is 0 Å². The van der Waals surface area contributed by atoms with Crippen LogP contribution < -0.4 is 4.74 Å². The van der Waals surface area contributed by atoms with Gasteiger partial charge in [-0.05, 0) is 36.6 Å². The monoisotopic (exact) mass is 247 g/mol. The van der Waals surface area contributed by atoms with E-state index in [0.717, 1.165) is 6.07 Å². The van der Waals surface area contributed by atoms with Crippen molar-refractivity contribution in [3.63, 3.8) is 0 Å². The standard InChI is InChI=1S/C11H10F3O3/c12-11(13,14)17-9-5-1-3-8(7-9)4-2-6-10(15)16/h3,5,7H,2,4,6H2,(H,15,16). The van der Waals surface area contributed by atoms with E-state index in [4.69, 9.17) is 5.11 Å². The highest BCUT2D eigenvalue weighted by Gasteiger charge is 2.31. The van der Waals surface area contributed by atoms with Crippen LogP contribution in [0, 0.1) is 6.07 Å². The second kappa shape index (κ2) is 5.56. The van der Waals surface area contributed by atoms with Crippen LogP contribution in [0.3, 0.4) is 0 Å². The summed E-state index contributed by atoms with van der Waals surface area (Å²) in [6.45, 7) is 0. The molecule has 6 heteroatoms. The fourth-order valence-corrected chi connectivity index (χ4v) is 1.28. The van der Waals surface area contributed by atoms with Crippen molar-refractivity contribution in [3.8, 4) is 5.75 Å². The Morgan fingerprint density at radius 2 is 2.12 bits per heavy atom. The minimum Gasteiger partial charge on any atom is -0.481 e. The lowest BCUT2D eigenvalue weighted by molar-refractivity contribution is -0.274. The Balaban J connectivity index is 2.57. The molecule has 0 unspecified atom stereocenters. The van der Waals surface area contributed by atoms with Crippen LogP contribution >= 0.6 is 0 Å². The number of carbonyl (C=O) groups is 1. The van der Waals surface area contributed by atoms with E-state index in [1.165, 1.54) is 12.1 Å². The number of alkyl halides is 3. The highest BCUT2D eigenvalue weighted by molar-refractivity contribution is 5.66. The lowest BCUT2D eigenvalue weighted by Gasteiger charge is -2.09. The maximum atomic E-state index is 11.9. The van der Waals surface area contributed by atoms with Crippen LogP contribution in [0.2, 0.25) is 0 Å². The van der Waals surface area contributed by atoms with Crippen LogP contribution in [0.25, 0.3) is 0 Å². The van der Waals surface area contributed by atoms with Gasteiger partial charge in [-0.3, -0.25) is 4.79 Å². The van der Waals surface area contributed by atoms with E-state index in [0.29, 0.717) is 18.4 Å². The fourth-order valence-electron chi connectivity index (χ4n) is 1.28. The number of aliphatic carboxylic acids is 1. The van der Waals surface area contributed by atoms with Crippen LogP contribution in [0.4, 0.5) is 13.2 Å². The summed E-state index contributed by atoms with van der Waals surface area (Å²) in [4.78, 5) is 10.3. The molecule has 0 atom stereocenters. The zero-order valence-corrected chi connectivity index (χ0v) is 8.75. The number of halogens is 3. The van der Waals surface area contributed by atoms with E-state index in [1.807, 2.05) is 0 Å². The molecule has 93 valence electrons. The minimum absolute atomic E-state index is 0.0235. The first-order valence-electron chi connectivity index (χ1n) is 4.84. The van der Waals surface area contributed by atoms with Crippen molar-refractivity contribution in [2.24, 2.45) is 0 Å². The second-order valence-corrected chi connectivity index (χ2v) is 3.37. The number of rotatable bonds is 5. The Kier molecular flexibility index (Phi) is 4.37. The van der Waals surface area contributed by atoms with Crippen molar-refractivity contribution >= 4 is 5.97 Å². The van der Waals surface area contributed by atoms with Gasteiger partial charge in [0.2, 0.25) is 0 Å². The van der Waals surface area contributed by atoms with E-state index < -0.39 is 12.3 Å². The predicted molar refractivity (Wildman–Crippen MR) is 52.5 cm³/mol. The number of benzene rings is 1. The third kappa shape index (κ3) is 5.79. The zero-order valence-electron chi connectivity index (χ0n) is 8.75. The Morgan fingerprint density at radius 3 is 2.71 bits per heavy atom. The molecule has 0 aliphatic rings. The van der Waals surface area contributed by atoms with Crippen molar-refractivity contribution in [1.82, 2.24) is 0 Å². The molecule has 0 amide bonds. The molecule has 17 heavy (non-hydrogen) atoms. The van der Waals surface area contributed by atoms with Crippen molar-refractivity contribution < 1.29 is 27.8 Å². The average molecular weight is 247 g/mol. The summed E-state index contributed by atoms with van der Waals surface area (Å²) in [5, 5.41) is 8.42. The van der Waals surface area contributed by atoms with Crippen LogP contribution in [0.5, 0.6) is 5.75 Å². The van der Waals surface area contributed by atoms with Gasteiger partial charge in [-0.2, -0.15) is 0 Å². The van der Waals surface area contributed by atoms with Crippen molar-refractivity contribution in [2.45, 2.75) is 25.6 Å². The van der Waals surface area contributed by atoms with Gasteiger partial charge in [0.05, 0.1) is 0 Å². The Hall–Kier alpha value is -1.72. The third-order valence-electron chi connectivity index (χ3n) is 1.91. The second-order valence-electron chi connectivity index (χ2n) is 3.37. The van der Waals surface area contributed by atoms with E-state index in [1.54, 1.807) is 0 Å². The number of aryl methyl sites for hydroxylation is 1. The molecule has 1 radical (unpaired) electrons. The Morgan fingerprint density at radius 1 is 1.41 bits per heavy atom. The van der Waals surface area contributed by atoms with Gasteiger partial charge in [0, 0.05) is 6.42 Å². The lowest BCUT2D eigenvalue weighted by Crippen LogP contribution is -2.17. The Labute approximate surface area is 95.8 Å². The van der Waals surface area contributed by atoms with Gasteiger partial charge in [0.15, 0.2) is 0 Å². The summed E-state index contributed by atoms with van der Waals surface area (Å²) >= 11 is 0. The highest BCUT2D eigenvalue weighted by atomic mass is 19.4. The largest absolute Gasteiger partial charge is 0.573 e. The number of carboxylic acid groups (broad SMARTS) is 1. The predicted octanol–water partition coefficient (Wildman–Crippen LogP) is 2.79. The normalized spacial score (nSPS) is 11.2. The average Bonchev–Trinajstić information content (AvgIpc) is 2.14. The van der Waals surface area contributed by atoms with E-state index >= 15 is 0 Å². The molecule has 0 saturated carbocycles. The molecule has 1 aromatic rings. The highest BCUT2D eigenvalue weighted by Crippen LogP contribution is 2.23. The van der Waals surface area contributed by atoms with E-state index in [9.17, 15) is 18.0 Å². The number of hydrogen-bond acceptors (Lipinski definition) is 2. The topological polar surface area (TPSA) is 46.5 Å². The fraction of sp³-hybridized carbons (Fsp3) is 0.364. The molecule has 1 N–H and O–H groups in total. The summed E-state index contributed by atoms with van der Waals surface area (Å²) in [7, 11) is 0. The van der Waals surface area contributed by atoms with Gasteiger partial charge >= 0.3 is 12.3 Å². The molecule has 3 nitrogen and oxygen atoms in total. The first-order valence-corrected chi connectivity index (χ1v) is 4.84. The van der Waals surface area contributed by atoms with Crippen LogP contribution in [-0.2, 0) is 11.2 Å². The van der Waals surface area contributed by atoms with E-state index in [2.05, 4.69) is 10.8 Å². The molecule has 0 aliphatic carbocycles. The first kappa shape index (κ1) is 13.3. The summed E-state index contributed by atoms with van der Waals surface area (Å²) in [5.74, 6) is -1.28. The van der Waals surface area contributed by atoms with Gasteiger partial charge in [0.1, 0.15) is 5.75 Å². The third-order valence-corrected chi connectivity index (χ3v) is 1.91. The van der Waals surface area contributed by atoms with Crippen molar-refractivity contribution in [1.29, 1.82) is 0 Å². The smallest absolute Gasteiger partial charge is 0.481 e. The molecular weight excluding hydrogens is 237 g/mol. The summed E-state index contributed by atoms with van der Waals surface area (Å²) in [6, 6.07) is 6.33. The zero-order chi connectivity index (χ0) is 12.9. The van der Waals surface area contributed by atoms with Gasteiger partial charge in [-0.1, -0.05) is 6.07 Å². The maximum absolute atomic E-state index is 11.9. The number of carboxylic acids is 1. The van der Waals surface area contributed by atoms with E-state index in [-0.39, 0.29) is 12.2 Å². The van der Waals surface area contributed by atoms with Crippen LogP contribution in [0.1, 0.15) is 18.4 Å². The molecule has 0 bridgehead atoms. The summed E-state index contributed by atoms with van der Waals surface area (Å²) in [5.41, 5.74) is 0.563. The first-order chi connectivity index (χ1) is 7.87. The SMILES string of the molecule is O=C(O)CCCc1c[c]cc(OC(F)(F)F)c1. The van der Waals surface area contributed by atoms with Gasteiger partial charge < -0.3 is 9.84 Å². The van der Waals surface area contributed by atoms with Crippen molar-refractivity contribution in [2.75, 3.05) is 0 Å². The molecule has 0 heterocycles. The minimum atomic E-state index is -4.73. The summed E-state index contributed by atoms with van der Waals surface area (Å²) < 4.78 is 39.5. The molecule has 1 aromatic carbocycles. The number of ether oxygens (including phenoxy) is 1. The molecule has 0 aliphatic heterocycles. The molecule has 0 saturated heterocycles. The van der Waals surface area contributed by atoms with Gasteiger partial charge in [-0.15, -0.1) is 13.2 Å². The number of hydrogen-bond donors (Lipinski definition) is 1. The molecule has 0 fully saturated rings. The molecular formula is C11H10F3O3. The van der Waals surface area contributed by atoms with Crippen molar-refractivity contribution in [3.05, 3.63) is 29.8 Å².